The third-order valence-corrected chi connectivity index (χ3v) is 3.23. The highest BCUT2D eigenvalue weighted by atomic mass is 16.5. The van der Waals surface area contributed by atoms with E-state index in [1.807, 2.05) is 49.7 Å². The zero-order chi connectivity index (χ0) is 15.2. The second-order valence-electron chi connectivity index (χ2n) is 4.53. The zero-order valence-corrected chi connectivity index (χ0v) is 12.8. The van der Waals surface area contributed by atoms with Gasteiger partial charge in [0, 0.05) is 18.2 Å². The SMILES string of the molecule is COc1cc(/C=C/c2cccc[n+]2C)cc(OC)c1OC. The molecule has 0 fully saturated rings. The fourth-order valence-electron chi connectivity index (χ4n) is 2.09. The summed E-state index contributed by atoms with van der Waals surface area (Å²) in [6.45, 7) is 0. The van der Waals surface area contributed by atoms with Crippen molar-refractivity contribution < 1.29 is 18.8 Å². The van der Waals surface area contributed by atoms with Crippen molar-refractivity contribution in [3.8, 4) is 17.2 Å². The lowest BCUT2D eigenvalue weighted by molar-refractivity contribution is -0.673. The Morgan fingerprint density at radius 1 is 0.905 bits per heavy atom. The van der Waals surface area contributed by atoms with E-state index in [2.05, 4.69) is 10.6 Å². The van der Waals surface area contributed by atoms with Gasteiger partial charge in [0.2, 0.25) is 11.4 Å². The van der Waals surface area contributed by atoms with Crippen molar-refractivity contribution in [2.45, 2.75) is 0 Å². The van der Waals surface area contributed by atoms with Gasteiger partial charge in [-0.05, 0) is 29.8 Å². The van der Waals surface area contributed by atoms with Crippen LogP contribution in [0.4, 0.5) is 0 Å². The number of methoxy groups -OCH3 is 3. The number of hydrogen-bond acceptors (Lipinski definition) is 3. The summed E-state index contributed by atoms with van der Waals surface area (Å²) < 4.78 is 18.1. The summed E-state index contributed by atoms with van der Waals surface area (Å²) in [6, 6.07) is 9.89. The summed E-state index contributed by atoms with van der Waals surface area (Å²) in [7, 11) is 6.83. The minimum Gasteiger partial charge on any atom is -0.493 e. The molecule has 0 aliphatic carbocycles. The molecular formula is C17H20NO3+. The van der Waals surface area contributed by atoms with E-state index in [0.717, 1.165) is 11.3 Å². The normalized spacial score (nSPS) is 10.7. The van der Waals surface area contributed by atoms with Gasteiger partial charge in [-0.3, -0.25) is 0 Å². The monoisotopic (exact) mass is 286 g/mol. The van der Waals surface area contributed by atoms with Crippen molar-refractivity contribution in [1.29, 1.82) is 0 Å². The second-order valence-corrected chi connectivity index (χ2v) is 4.53. The van der Waals surface area contributed by atoms with E-state index in [1.54, 1.807) is 21.3 Å². The highest BCUT2D eigenvalue weighted by molar-refractivity contribution is 5.70. The highest BCUT2D eigenvalue weighted by Crippen LogP contribution is 2.38. The molecule has 0 unspecified atom stereocenters. The smallest absolute Gasteiger partial charge is 0.204 e. The molecule has 0 amide bonds. The molecule has 1 heterocycles. The molecule has 0 saturated heterocycles. The second kappa shape index (κ2) is 6.79. The van der Waals surface area contributed by atoms with Gasteiger partial charge in [-0.2, -0.15) is 0 Å². The average molecular weight is 286 g/mol. The van der Waals surface area contributed by atoms with Gasteiger partial charge >= 0.3 is 0 Å². The Morgan fingerprint density at radius 2 is 1.57 bits per heavy atom. The topological polar surface area (TPSA) is 31.6 Å². The lowest BCUT2D eigenvalue weighted by Gasteiger charge is -2.12. The number of aromatic nitrogens is 1. The van der Waals surface area contributed by atoms with Crippen LogP contribution in [0.2, 0.25) is 0 Å². The molecule has 0 aliphatic heterocycles. The van der Waals surface area contributed by atoms with Crippen LogP contribution in [-0.2, 0) is 7.05 Å². The maximum absolute atomic E-state index is 5.35. The van der Waals surface area contributed by atoms with Crippen LogP contribution in [0.5, 0.6) is 17.2 Å². The molecule has 1 aromatic heterocycles. The summed E-state index contributed by atoms with van der Waals surface area (Å²) in [5.41, 5.74) is 2.08. The first-order valence-electron chi connectivity index (χ1n) is 6.62. The van der Waals surface area contributed by atoms with Crippen LogP contribution < -0.4 is 18.8 Å². The molecule has 0 N–H and O–H groups in total. The highest BCUT2D eigenvalue weighted by Gasteiger charge is 2.12. The first kappa shape index (κ1) is 14.9. The summed E-state index contributed by atoms with van der Waals surface area (Å²) >= 11 is 0. The fourth-order valence-corrected chi connectivity index (χ4v) is 2.09. The van der Waals surface area contributed by atoms with E-state index < -0.39 is 0 Å². The predicted molar refractivity (Wildman–Crippen MR) is 82.6 cm³/mol. The first-order chi connectivity index (χ1) is 10.2. The minimum atomic E-state index is 0.599. The Hall–Kier alpha value is -2.49. The summed E-state index contributed by atoms with van der Waals surface area (Å²) in [5.74, 6) is 1.89. The Kier molecular flexibility index (Phi) is 4.82. The molecule has 0 bridgehead atoms. The molecule has 4 nitrogen and oxygen atoms in total. The molecule has 0 spiro atoms. The largest absolute Gasteiger partial charge is 0.493 e. The van der Waals surface area contributed by atoms with Gasteiger partial charge in [0.15, 0.2) is 17.7 Å². The number of ether oxygens (including phenoxy) is 3. The Labute approximate surface area is 125 Å². The molecule has 2 rings (SSSR count). The lowest BCUT2D eigenvalue weighted by Crippen LogP contribution is -2.30. The van der Waals surface area contributed by atoms with Crippen LogP contribution in [0.1, 0.15) is 11.3 Å². The van der Waals surface area contributed by atoms with Gasteiger partial charge in [-0.1, -0.05) is 0 Å². The Bertz CT molecular complexity index is 625. The van der Waals surface area contributed by atoms with Crippen molar-refractivity contribution in [3.05, 3.63) is 47.8 Å². The number of aryl methyl sites for hydroxylation is 1. The molecule has 0 radical (unpaired) electrons. The molecule has 1 aromatic carbocycles. The summed E-state index contributed by atoms with van der Waals surface area (Å²) in [5, 5.41) is 0. The molecule has 0 saturated carbocycles. The van der Waals surface area contributed by atoms with Crippen molar-refractivity contribution in [2.24, 2.45) is 7.05 Å². The van der Waals surface area contributed by atoms with Gasteiger partial charge in [-0.15, -0.1) is 0 Å². The van der Waals surface area contributed by atoms with Gasteiger partial charge in [-0.25, -0.2) is 4.57 Å². The molecule has 21 heavy (non-hydrogen) atoms. The van der Waals surface area contributed by atoms with Crippen molar-refractivity contribution in [3.63, 3.8) is 0 Å². The van der Waals surface area contributed by atoms with E-state index in [0.29, 0.717) is 17.2 Å². The maximum Gasteiger partial charge on any atom is 0.204 e. The van der Waals surface area contributed by atoms with E-state index in [9.17, 15) is 0 Å². The van der Waals surface area contributed by atoms with Gasteiger partial charge in [0.25, 0.3) is 0 Å². The van der Waals surface area contributed by atoms with E-state index in [-0.39, 0.29) is 0 Å². The molecule has 110 valence electrons. The molecule has 4 heteroatoms. The van der Waals surface area contributed by atoms with Crippen LogP contribution in [-0.4, -0.2) is 21.3 Å². The van der Waals surface area contributed by atoms with Gasteiger partial charge < -0.3 is 14.2 Å². The number of benzene rings is 1. The van der Waals surface area contributed by atoms with Crippen molar-refractivity contribution in [2.75, 3.05) is 21.3 Å². The predicted octanol–water partition coefficient (Wildman–Crippen LogP) is 2.71. The van der Waals surface area contributed by atoms with Gasteiger partial charge in [0.05, 0.1) is 21.3 Å². The molecule has 0 atom stereocenters. The molecule has 0 aliphatic rings. The number of hydrogen-bond donors (Lipinski definition) is 0. The third-order valence-electron chi connectivity index (χ3n) is 3.23. The molecule has 2 aromatic rings. The first-order valence-corrected chi connectivity index (χ1v) is 6.62. The van der Waals surface area contributed by atoms with E-state index in [1.165, 1.54) is 0 Å². The Balaban J connectivity index is 2.39. The Morgan fingerprint density at radius 3 is 2.10 bits per heavy atom. The average Bonchev–Trinajstić information content (AvgIpc) is 2.52. The fraction of sp³-hybridized carbons (Fsp3) is 0.235. The van der Waals surface area contributed by atoms with E-state index in [4.69, 9.17) is 14.2 Å². The summed E-state index contributed by atoms with van der Waals surface area (Å²) in [4.78, 5) is 0. The molecular weight excluding hydrogens is 266 g/mol. The van der Waals surface area contributed by atoms with Crippen molar-refractivity contribution in [1.82, 2.24) is 0 Å². The standard InChI is InChI=1S/C17H20NO3/c1-18-10-6-5-7-14(18)9-8-13-11-15(19-2)17(21-4)16(12-13)20-3/h5-12H,1-4H3/q+1/b9-8+. The van der Waals surface area contributed by atoms with Crippen LogP contribution in [0, 0.1) is 0 Å². The number of nitrogens with zero attached hydrogens (tertiary/aromatic N) is 1. The quantitative estimate of drug-likeness (QED) is 0.792. The minimum absolute atomic E-state index is 0.599. The summed E-state index contributed by atoms with van der Waals surface area (Å²) in [6.07, 6.45) is 6.06. The zero-order valence-electron chi connectivity index (χ0n) is 12.8. The van der Waals surface area contributed by atoms with E-state index >= 15 is 0 Å². The number of pyridine rings is 1. The van der Waals surface area contributed by atoms with Crippen molar-refractivity contribution >= 4 is 12.2 Å². The van der Waals surface area contributed by atoms with Crippen LogP contribution in [0.3, 0.4) is 0 Å². The van der Waals surface area contributed by atoms with Crippen LogP contribution in [0.15, 0.2) is 36.5 Å². The lowest BCUT2D eigenvalue weighted by atomic mass is 10.1. The van der Waals surface area contributed by atoms with Crippen LogP contribution >= 0.6 is 0 Å². The third kappa shape index (κ3) is 3.34. The van der Waals surface area contributed by atoms with Crippen LogP contribution in [0.25, 0.3) is 12.2 Å². The maximum atomic E-state index is 5.35. The number of rotatable bonds is 5. The van der Waals surface area contributed by atoms with Gasteiger partial charge in [0.1, 0.15) is 7.05 Å².